The summed E-state index contributed by atoms with van der Waals surface area (Å²) in [5.41, 5.74) is 1.83. The Morgan fingerprint density at radius 1 is 1.00 bits per heavy atom. The molecule has 1 atom stereocenters. The van der Waals surface area contributed by atoms with Gasteiger partial charge >= 0.3 is 0 Å². The number of hydrogen-bond acceptors (Lipinski definition) is 5. The molecule has 0 spiro atoms. The van der Waals surface area contributed by atoms with Gasteiger partial charge in [-0.05, 0) is 68.5 Å². The van der Waals surface area contributed by atoms with Gasteiger partial charge in [0.05, 0.1) is 4.34 Å². The van der Waals surface area contributed by atoms with Gasteiger partial charge in [-0.25, -0.2) is 8.42 Å². The summed E-state index contributed by atoms with van der Waals surface area (Å²) < 4.78 is 27.7. The number of nitrogens with one attached hydrogen (secondary N) is 1. The van der Waals surface area contributed by atoms with E-state index in [4.69, 9.17) is 11.6 Å². The van der Waals surface area contributed by atoms with Crippen LogP contribution in [0.15, 0.2) is 40.6 Å². The number of sulfonamides is 1. The largest absolute Gasteiger partial charge is 0.372 e. The fourth-order valence-electron chi connectivity index (χ4n) is 3.98. The number of rotatable bonds is 5. The first-order valence-corrected chi connectivity index (χ1v) is 12.5. The first-order valence-electron chi connectivity index (χ1n) is 9.88. The van der Waals surface area contributed by atoms with E-state index in [2.05, 4.69) is 10.2 Å². The van der Waals surface area contributed by atoms with Gasteiger partial charge in [-0.3, -0.25) is 4.79 Å². The van der Waals surface area contributed by atoms with Crippen LogP contribution in [-0.2, 0) is 14.8 Å². The number of amides is 1. The van der Waals surface area contributed by atoms with Gasteiger partial charge in [0.1, 0.15) is 10.3 Å². The highest BCUT2D eigenvalue weighted by Gasteiger charge is 2.40. The fourth-order valence-corrected chi connectivity index (χ4v) is 7.24. The quantitative estimate of drug-likeness (QED) is 0.737. The summed E-state index contributed by atoms with van der Waals surface area (Å²) >= 11 is 6.91. The van der Waals surface area contributed by atoms with Gasteiger partial charge in [-0.15, -0.1) is 11.3 Å². The zero-order chi connectivity index (χ0) is 20.4. The summed E-state index contributed by atoms with van der Waals surface area (Å²) in [6.07, 6.45) is 4.86. The second-order valence-corrected chi connectivity index (χ2v) is 11.2. The lowest BCUT2D eigenvalue weighted by atomic mass is 10.1. The third-order valence-corrected chi connectivity index (χ3v) is 9.08. The van der Waals surface area contributed by atoms with Crippen LogP contribution in [0, 0.1) is 0 Å². The highest BCUT2D eigenvalue weighted by Crippen LogP contribution is 2.32. The number of anilines is 2. The number of hydrogen-bond donors (Lipinski definition) is 1. The first-order chi connectivity index (χ1) is 13.9. The Morgan fingerprint density at radius 2 is 1.72 bits per heavy atom. The van der Waals surface area contributed by atoms with E-state index in [-0.39, 0.29) is 10.1 Å². The van der Waals surface area contributed by atoms with Crippen molar-refractivity contribution in [1.29, 1.82) is 0 Å². The Kier molecular flexibility index (Phi) is 6.15. The molecule has 3 heterocycles. The maximum absolute atomic E-state index is 12.9. The van der Waals surface area contributed by atoms with E-state index in [1.807, 2.05) is 24.3 Å². The third kappa shape index (κ3) is 4.45. The highest BCUT2D eigenvalue weighted by atomic mass is 35.5. The SMILES string of the molecule is O=C(Nc1ccc(N2CCCCC2)cc1)[C@H]1CCCN1S(=O)(=O)c1ccc(Cl)s1. The number of halogens is 1. The van der Waals surface area contributed by atoms with Gasteiger partial charge in [0.25, 0.3) is 10.0 Å². The van der Waals surface area contributed by atoms with Crippen molar-refractivity contribution < 1.29 is 13.2 Å². The Hall–Kier alpha value is -1.61. The predicted octanol–water partition coefficient (Wildman–Crippen LogP) is 4.18. The summed E-state index contributed by atoms with van der Waals surface area (Å²) in [6, 6.07) is 10.1. The average Bonchev–Trinajstić information content (AvgIpc) is 3.39. The number of carbonyl (C=O) groups excluding carboxylic acids is 1. The zero-order valence-corrected chi connectivity index (χ0v) is 18.4. The van der Waals surface area contributed by atoms with Crippen LogP contribution in [0.2, 0.25) is 4.34 Å². The van der Waals surface area contributed by atoms with Crippen molar-refractivity contribution in [3.05, 3.63) is 40.7 Å². The average molecular weight is 454 g/mol. The van der Waals surface area contributed by atoms with Crippen LogP contribution in [0.4, 0.5) is 11.4 Å². The van der Waals surface area contributed by atoms with E-state index in [9.17, 15) is 13.2 Å². The summed E-state index contributed by atoms with van der Waals surface area (Å²) in [7, 11) is -3.73. The minimum Gasteiger partial charge on any atom is -0.372 e. The van der Waals surface area contributed by atoms with Gasteiger partial charge in [-0.2, -0.15) is 4.31 Å². The molecule has 0 saturated carbocycles. The summed E-state index contributed by atoms with van der Waals surface area (Å²) in [6.45, 7) is 2.46. The van der Waals surface area contributed by atoms with E-state index in [0.29, 0.717) is 29.4 Å². The molecule has 2 aliphatic rings. The molecule has 0 aliphatic carbocycles. The van der Waals surface area contributed by atoms with Crippen molar-refractivity contribution >= 4 is 50.2 Å². The van der Waals surface area contributed by atoms with Crippen LogP contribution in [0.5, 0.6) is 0 Å². The van der Waals surface area contributed by atoms with Crippen molar-refractivity contribution in [2.24, 2.45) is 0 Å². The molecule has 1 aromatic heterocycles. The molecule has 9 heteroatoms. The van der Waals surface area contributed by atoms with E-state index in [0.717, 1.165) is 30.1 Å². The van der Waals surface area contributed by atoms with E-state index in [1.54, 1.807) is 6.07 Å². The fraction of sp³-hybridized carbons (Fsp3) is 0.450. The molecule has 4 rings (SSSR count). The molecule has 2 fully saturated rings. The third-order valence-electron chi connectivity index (χ3n) is 5.47. The van der Waals surface area contributed by atoms with Crippen molar-refractivity contribution in [3.8, 4) is 0 Å². The molecular formula is C20H24ClN3O3S2. The Morgan fingerprint density at radius 3 is 2.38 bits per heavy atom. The number of thiophene rings is 1. The number of nitrogens with zero attached hydrogens (tertiary/aromatic N) is 2. The molecule has 0 bridgehead atoms. The maximum Gasteiger partial charge on any atom is 0.253 e. The monoisotopic (exact) mass is 453 g/mol. The molecule has 2 aromatic rings. The molecule has 1 aromatic carbocycles. The van der Waals surface area contributed by atoms with Crippen LogP contribution < -0.4 is 10.2 Å². The second-order valence-electron chi connectivity index (χ2n) is 7.42. The number of piperidine rings is 1. The molecule has 0 unspecified atom stereocenters. The van der Waals surface area contributed by atoms with Crippen molar-refractivity contribution in [2.45, 2.75) is 42.4 Å². The normalized spacial score (nSPS) is 20.7. The van der Waals surface area contributed by atoms with Gasteiger partial charge in [0, 0.05) is 31.0 Å². The molecule has 1 N–H and O–H groups in total. The molecule has 29 heavy (non-hydrogen) atoms. The first kappa shape index (κ1) is 20.7. The van der Waals surface area contributed by atoms with Crippen LogP contribution in [0.3, 0.4) is 0 Å². The smallest absolute Gasteiger partial charge is 0.253 e. The van der Waals surface area contributed by atoms with E-state index < -0.39 is 16.1 Å². The molecule has 2 saturated heterocycles. The zero-order valence-electron chi connectivity index (χ0n) is 16.0. The lowest BCUT2D eigenvalue weighted by molar-refractivity contribution is -0.119. The Labute approximate surface area is 180 Å². The maximum atomic E-state index is 12.9. The molecule has 6 nitrogen and oxygen atoms in total. The van der Waals surface area contributed by atoms with Gasteiger partial charge in [0.2, 0.25) is 5.91 Å². The summed E-state index contributed by atoms with van der Waals surface area (Å²) in [4.78, 5) is 15.2. The van der Waals surface area contributed by atoms with Gasteiger partial charge < -0.3 is 10.2 Å². The van der Waals surface area contributed by atoms with Gasteiger partial charge in [0.15, 0.2) is 0 Å². The number of benzene rings is 1. The Balaban J connectivity index is 1.44. The van der Waals surface area contributed by atoms with Crippen LogP contribution in [0.25, 0.3) is 0 Å². The van der Waals surface area contributed by atoms with E-state index in [1.165, 1.54) is 29.6 Å². The summed E-state index contributed by atoms with van der Waals surface area (Å²) in [5.74, 6) is -0.292. The van der Waals surface area contributed by atoms with Crippen LogP contribution >= 0.6 is 22.9 Å². The molecule has 0 radical (unpaired) electrons. The van der Waals surface area contributed by atoms with Crippen LogP contribution in [-0.4, -0.2) is 44.3 Å². The second kappa shape index (κ2) is 8.63. The van der Waals surface area contributed by atoms with Gasteiger partial charge in [-0.1, -0.05) is 11.6 Å². The minimum absolute atomic E-state index is 0.174. The molecule has 156 valence electrons. The van der Waals surface area contributed by atoms with Crippen molar-refractivity contribution in [1.82, 2.24) is 4.31 Å². The minimum atomic E-state index is -3.73. The predicted molar refractivity (Wildman–Crippen MR) is 117 cm³/mol. The van der Waals surface area contributed by atoms with Crippen LogP contribution in [0.1, 0.15) is 32.1 Å². The summed E-state index contributed by atoms with van der Waals surface area (Å²) in [5, 5.41) is 2.89. The number of carbonyl (C=O) groups is 1. The van der Waals surface area contributed by atoms with E-state index >= 15 is 0 Å². The molecule has 1 amide bonds. The molecule has 2 aliphatic heterocycles. The standard InChI is InChI=1S/C20H24ClN3O3S2/c21-18-10-11-19(28-18)29(26,27)24-14-4-5-17(24)20(25)22-15-6-8-16(9-7-15)23-12-2-1-3-13-23/h6-11,17H,1-5,12-14H2,(H,22,25)/t17-/m1/s1. The van der Waals surface area contributed by atoms with Crippen molar-refractivity contribution in [2.75, 3.05) is 29.9 Å². The Bertz CT molecular complexity index is 969. The molecular weight excluding hydrogens is 430 g/mol. The topological polar surface area (TPSA) is 69.7 Å². The lowest BCUT2D eigenvalue weighted by Crippen LogP contribution is -2.42. The highest BCUT2D eigenvalue weighted by molar-refractivity contribution is 7.91. The lowest BCUT2D eigenvalue weighted by Gasteiger charge is -2.29. The van der Waals surface area contributed by atoms with Crippen molar-refractivity contribution in [3.63, 3.8) is 0 Å².